The number of hydrogen-bond acceptors (Lipinski definition) is 2. The molecule has 1 saturated carbocycles. The van der Waals surface area contributed by atoms with E-state index in [9.17, 15) is 8.78 Å². The lowest BCUT2D eigenvalue weighted by Gasteiger charge is -2.35. The van der Waals surface area contributed by atoms with Crippen molar-refractivity contribution in [3.8, 4) is 0 Å². The van der Waals surface area contributed by atoms with Gasteiger partial charge < -0.3 is 0 Å². The van der Waals surface area contributed by atoms with Crippen LogP contribution in [0.3, 0.4) is 0 Å². The van der Waals surface area contributed by atoms with Crippen molar-refractivity contribution >= 4 is 0 Å². The second kappa shape index (κ2) is 6.64. The van der Waals surface area contributed by atoms with E-state index < -0.39 is 5.82 Å². The molecule has 1 unspecified atom stereocenters. The van der Waals surface area contributed by atoms with Gasteiger partial charge in [0.25, 0.3) is 0 Å². The fraction of sp³-hybridized carbons (Fsp3) is 0.625. The highest BCUT2D eigenvalue weighted by molar-refractivity contribution is 5.23. The molecule has 2 rings (SSSR count). The highest BCUT2D eigenvalue weighted by Crippen LogP contribution is 2.39. The van der Waals surface area contributed by atoms with Crippen molar-refractivity contribution in [1.82, 2.24) is 5.43 Å². The number of hydrogen-bond donors (Lipinski definition) is 2. The molecule has 0 aromatic heterocycles. The van der Waals surface area contributed by atoms with Gasteiger partial charge >= 0.3 is 0 Å². The van der Waals surface area contributed by atoms with Gasteiger partial charge in [-0.05, 0) is 61.6 Å². The fourth-order valence-electron chi connectivity index (χ4n) is 3.38. The predicted octanol–water partition coefficient (Wildman–Crippen LogP) is 3.93. The zero-order valence-corrected chi connectivity index (χ0v) is 12.2. The molecule has 0 amide bonds. The first-order valence-corrected chi connectivity index (χ1v) is 7.44. The Balaban J connectivity index is 2.11. The molecule has 20 heavy (non-hydrogen) atoms. The lowest BCUT2D eigenvalue weighted by atomic mass is 9.73. The van der Waals surface area contributed by atoms with Crippen molar-refractivity contribution in [2.75, 3.05) is 0 Å². The molecule has 0 saturated heterocycles. The average molecular weight is 282 g/mol. The smallest absolute Gasteiger partial charge is 0.128 e. The number of hydrazine groups is 1. The lowest BCUT2D eigenvalue weighted by Crippen LogP contribution is -2.36. The summed E-state index contributed by atoms with van der Waals surface area (Å²) in [5.74, 6) is 6.50. The summed E-state index contributed by atoms with van der Waals surface area (Å²) < 4.78 is 27.2. The Labute approximate surface area is 119 Å². The maximum Gasteiger partial charge on any atom is 0.128 e. The van der Waals surface area contributed by atoms with Crippen molar-refractivity contribution in [2.24, 2.45) is 23.6 Å². The Morgan fingerprint density at radius 2 is 1.70 bits per heavy atom. The van der Waals surface area contributed by atoms with Gasteiger partial charge in [0.2, 0.25) is 0 Å². The minimum Gasteiger partial charge on any atom is -0.271 e. The van der Waals surface area contributed by atoms with E-state index in [1.165, 1.54) is 12.1 Å². The van der Waals surface area contributed by atoms with Gasteiger partial charge in [0, 0.05) is 5.56 Å². The van der Waals surface area contributed by atoms with Gasteiger partial charge in [-0.25, -0.2) is 8.78 Å². The summed E-state index contributed by atoms with van der Waals surface area (Å²) in [7, 11) is 0. The van der Waals surface area contributed by atoms with Crippen LogP contribution in [-0.2, 0) is 0 Å². The molecule has 112 valence electrons. The summed E-state index contributed by atoms with van der Waals surface area (Å²) in [5, 5.41) is 0. The van der Waals surface area contributed by atoms with E-state index in [-0.39, 0.29) is 17.8 Å². The lowest BCUT2D eigenvalue weighted by molar-refractivity contribution is 0.187. The van der Waals surface area contributed by atoms with E-state index in [2.05, 4.69) is 19.3 Å². The summed E-state index contributed by atoms with van der Waals surface area (Å²) in [6.45, 7) is 4.49. The molecule has 2 nitrogen and oxygen atoms in total. The van der Waals surface area contributed by atoms with Crippen LogP contribution in [0, 0.1) is 29.4 Å². The molecule has 1 aliphatic rings. The molecule has 1 aromatic carbocycles. The van der Waals surface area contributed by atoms with Gasteiger partial charge in [-0.15, -0.1) is 0 Å². The predicted molar refractivity (Wildman–Crippen MR) is 76.7 cm³/mol. The molecule has 0 spiro atoms. The van der Waals surface area contributed by atoms with Gasteiger partial charge in [0.15, 0.2) is 0 Å². The molecule has 0 aliphatic heterocycles. The summed E-state index contributed by atoms with van der Waals surface area (Å²) in [4.78, 5) is 0. The van der Waals surface area contributed by atoms with E-state index in [0.717, 1.165) is 37.7 Å². The molecule has 1 atom stereocenters. The van der Waals surface area contributed by atoms with Crippen LogP contribution in [0.5, 0.6) is 0 Å². The van der Waals surface area contributed by atoms with Crippen molar-refractivity contribution < 1.29 is 8.78 Å². The van der Waals surface area contributed by atoms with E-state index in [1.807, 2.05) is 0 Å². The van der Waals surface area contributed by atoms with Crippen LogP contribution in [0.25, 0.3) is 0 Å². The van der Waals surface area contributed by atoms with E-state index in [0.29, 0.717) is 11.5 Å². The first-order chi connectivity index (χ1) is 9.52. The summed E-state index contributed by atoms with van der Waals surface area (Å²) in [5.41, 5.74) is 3.04. The highest BCUT2D eigenvalue weighted by atomic mass is 19.1. The van der Waals surface area contributed by atoms with Gasteiger partial charge in [-0.3, -0.25) is 11.3 Å². The van der Waals surface area contributed by atoms with Crippen LogP contribution in [0.2, 0.25) is 0 Å². The SMILES string of the molecule is CC(C)C1CCC(C(NN)c2cc(F)ccc2F)CC1. The second-order valence-corrected chi connectivity index (χ2v) is 6.23. The Hall–Kier alpha value is -1.00. The first kappa shape index (κ1) is 15.4. The van der Waals surface area contributed by atoms with E-state index in [1.54, 1.807) is 0 Å². The third kappa shape index (κ3) is 3.36. The van der Waals surface area contributed by atoms with Crippen LogP contribution in [0.15, 0.2) is 18.2 Å². The third-order valence-corrected chi connectivity index (χ3v) is 4.70. The molecule has 1 aromatic rings. The van der Waals surface area contributed by atoms with Crippen molar-refractivity contribution in [3.63, 3.8) is 0 Å². The standard InChI is InChI=1S/C16H24F2N2/c1-10(2)11-3-5-12(6-4-11)16(20-19)14-9-13(17)7-8-15(14)18/h7-12,16,20H,3-6,19H2,1-2H3. The van der Waals surface area contributed by atoms with Crippen LogP contribution >= 0.6 is 0 Å². The minimum atomic E-state index is -0.419. The van der Waals surface area contributed by atoms with Crippen molar-refractivity contribution in [2.45, 2.75) is 45.6 Å². The minimum absolute atomic E-state index is 0.270. The molecule has 4 heteroatoms. The van der Waals surface area contributed by atoms with Gasteiger partial charge in [-0.1, -0.05) is 13.8 Å². The van der Waals surface area contributed by atoms with E-state index in [4.69, 9.17) is 5.84 Å². The summed E-state index contributed by atoms with van der Waals surface area (Å²) >= 11 is 0. The quantitative estimate of drug-likeness (QED) is 0.648. The molecule has 1 aliphatic carbocycles. The Morgan fingerprint density at radius 1 is 1.10 bits per heavy atom. The van der Waals surface area contributed by atoms with Gasteiger partial charge in [-0.2, -0.15) is 0 Å². The van der Waals surface area contributed by atoms with Crippen LogP contribution in [0.4, 0.5) is 8.78 Å². The Morgan fingerprint density at radius 3 is 2.25 bits per heavy atom. The van der Waals surface area contributed by atoms with Gasteiger partial charge in [0.05, 0.1) is 6.04 Å². The second-order valence-electron chi connectivity index (χ2n) is 6.23. The topological polar surface area (TPSA) is 38.0 Å². The number of rotatable bonds is 4. The first-order valence-electron chi connectivity index (χ1n) is 7.44. The van der Waals surface area contributed by atoms with Crippen LogP contribution in [0.1, 0.15) is 51.1 Å². The van der Waals surface area contributed by atoms with Crippen molar-refractivity contribution in [3.05, 3.63) is 35.4 Å². The maximum atomic E-state index is 13.9. The molecule has 3 N–H and O–H groups in total. The average Bonchev–Trinajstić information content (AvgIpc) is 2.44. The molecule has 0 bridgehead atoms. The third-order valence-electron chi connectivity index (χ3n) is 4.70. The maximum absolute atomic E-state index is 13.9. The zero-order valence-electron chi connectivity index (χ0n) is 12.2. The van der Waals surface area contributed by atoms with Gasteiger partial charge in [0.1, 0.15) is 11.6 Å². The Kier molecular flexibility index (Phi) is 5.11. The highest BCUT2D eigenvalue weighted by Gasteiger charge is 2.30. The summed E-state index contributed by atoms with van der Waals surface area (Å²) in [6.07, 6.45) is 4.29. The van der Waals surface area contributed by atoms with E-state index >= 15 is 0 Å². The fourth-order valence-corrected chi connectivity index (χ4v) is 3.38. The van der Waals surface area contributed by atoms with Crippen LogP contribution in [-0.4, -0.2) is 0 Å². The van der Waals surface area contributed by atoms with Crippen molar-refractivity contribution in [1.29, 1.82) is 0 Å². The number of halogens is 2. The molecule has 1 fully saturated rings. The number of nitrogens with two attached hydrogens (primary N) is 1. The Bertz CT molecular complexity index is 440. The largest absolute Gasteiger partial charge is 0.271 e. The summed E-state index contributed by atoms with van der Waals surface area (Å²) in [6, 6.07) is 3.27. The monoisotopic (exact) mass is 282 g/mol. The zero-order chi connectivity index (χ0) is 14.7. The molecular formula is C16H24F2N2. The van der Waals surface area contributed by atoms with Crippen LogP contribution < -0.4 is 11.3 Å². The number of nitrogens with one attached hydrogen (secondary N) is 1. The number of benzene rings is 1. The molecule has 0 heterocycles. The normalized spacial score (nSPS) is 24.9. The molecular weight excluding hydrogens is 258 g/mol. The molecule has 0 radical (unpaired) electrons.